The predicted octanol–water partition coefficient (Wildman–Crippen LogP) is 3.66. The van der Waals surface area contributed by atoms with Crippen LogP contribution in [0.25, 0.3) is 22.6 Å². The lowest BCUT2D eigenvalue weighted by Crippen LogP contribution is -2.28. The quantitative estimate of drug-likeness (QED) is 0.347. The van der Waals surface area contributed by atoms with Gasteiger partial charge in [0, 0.05) is 24.8 Å². The van der Waals surface area contributed by atoms with E-state index in [1.54, 1.807) is 42.1 Å². The summed E-state index contributed by atoms with van der Waals surface area (Å²) in [5.41, 5.74) is 3.09. The Kier molecular flexibility index (Phi) is 6.49. The third kappa shape index (κ3) is 4.96. The highest BCUT2D eigenvalue weighted by Gasteiger charge is 2.32. The van der Waals surface area contributed by atoms with Crippen molar-refractivity contribution in [2.75, 3.05) is 18.7 Å². The molecule has 11 nitrogen and oxygen atoms in total. The predicted molar refractivity (Wildman–Crippen MR) is 146 cm³/mol. The number of aromatic nitrogens is 6. The van der Waals surface area contributed by atoms with Crippen LogP contribution in [0.15, 0.2) is 46.5 Å². The number of ether oxygens (including phenoxy) is 1. The second-order valence-electron chi connectivity index (χ2n) is 10.2. The maximum atomic E-state index is 13.8. The smallest absolute Gasteiger partial charge is 0.295 e. The largest absolute Gasteiger partial charge is 0.480 e. The monoisotopic (exact) mass is 547 g/mol. The number of nitrogens with one attached hydrogen (secondary N) is 1. The Morgan fingerprint density at radius 1 is 1.03 bits per heavy atom. The van der Waals surface area contributed by atoms with Crippen LogP contribution in [0.2, 0.25) is 0 Å². The molecule has 0 radical (unpaired) electrons. The summed E-state index contributed by atoms with van der Waals surface area (Å²) in [7, 11) is -1.72. The average Bonchev–Trinajstić information content (AvgIpc) is 3.65. The van der Waals surface area contributed by atoms with Crippen LogP contribution in [0, 0.1) is 0 Å². The average molecular weight is 548 g/mol. The summed E-state index contributed by atoms with van der Waals surface area (Å²) in [6, 6.07) is 6.58. The van der Waals surface area contributed by atoms with Gasteiger partial charge in [0.05, 0.1) is 23.9 Å². The molecule has 0 amide bonds. The molecular formula is C27H29N7O4S. The number of benzene rings is 1. The molecule has 1 N–H and O–H groups in total. The van der Waals surface area contributed by atoms with Crippen molar-refractivity contribution in [3.05, 3.63) is 58.4 Å². The molecule has 3 heterocycles. The molecule has 2 fully saturated rings. The number of fused-ring (bicyclic) bond motifs is 1. The molecule has 0 bridgehead atoms. The van der Waals surface area contributed by atoms with Crippen molar-refractivity contribution >= 4 is 26.8 Å². The van der Waals surface area contributed by atoms with Crippen LogP contribution < -0.4 is 15.6 Å². The molecule has 2 aliphatic carbocycles. The molecule has 0 unspecified atom stereocenters. The fourth-order valence-corrected chi connectivity index (χ4v) is 5.82. The van der Waals surface area contributed by atoms with Gasteiger partial charge in [-0.05, 0) is 43.4 Å². The summed E-state index contributed by atoms with van der Waals surface area (Å²) < 4.78 is 30.8. The lowest BCUT2D eigenvalue weighted by molar-refractivity contribution is 0.397. The van der Waals surface area contributed by atoms with Crippen LogP contribution in [0.5, 0.6) is 5.88 Å². The molecule has 1 aromatic carbocycles. The zero-order chi connectivity index (χ0) is 27.1. The van der Waals surface area contributed by atoms with Crippen molar-refractivity contribution in [3.63, 3.8) is 0 Å². The third-order valence-electron chi connectivity index (χ3n) is 7.36. The van der Waals surface area contributed by atoms with Crippen LogP contribution in [0.4, 0.5) is 5.82 Å². The summed E-state index contributed by atoms with van der Waals surface area (Å²) >= 11 is 0. The number of sulfone groups is 1. The van der Waals surface area contributed by atoms with E-state index in [9.17, 15) is 13.2 Å². The van der Waals surface area contributed by atoms with Crippen LogP contribution >= 0.6 is 0 Å². The molecule has 2 saturated carbocycles. The Labute approximate surface area is 225 Å². The van der Waals surface area contributed by atoms with E-state index in [0.717, 1.165) is 49.8 Å². The van der Waals surface area contributed by atoms with E-state index in [1.165, 1.54) is 12.6 Å². The number of hydrogen-bond donors (Lipinski definition) is 1. The zero-order valence-corrected chi connectivity index (χ0v) is 22.6. The van der Waals surface area contributed by atoms with Crippen LogP contribution in [-0.2, 0) is 16.4 Å². The molecule has 0 aliphatic heterocycles. The number of anilines is 1. The Bertz CT molecular complexity index is 1710. The van der Waals surface area contributed by atoms with Crippen LogP contribution in [0.1, 0.15) is 61.7 Å². The van der Waals surface area contributed by atoms with E-state index in [4.69, 9.17) is 9.72 Å². The summed E-state index contributed by atoms with van der Waals surface area (Å²) in [4.78, 5) is 36.9. The van der Waals surface area contributed by atoms with E-state index >= 15 is 0 Å². The van der Waals surface area contributed by atoms with Gasteiger partial charge in [-0.25, -0.2) is 33.3 Å². The molecule has 202 valence electrons. The molecule has 12 heteroatoms. The first kappa shape index (κ1) is 25.4. The zero-order valence-electron chi connectivity index (χ0n) is 21.8. The molecule has 3 aromatic heterocycles. The second kappa shape index (κ2) is 9.99. The lowest BCUT2D eigenvalue weighted by atomic mass is 10.1. The minimum absolute atomic E-state index is 0.0113. The van der Waals surface area contributed by atoms with E-state index in [1.807, 2.05) is 0 Å². The maximum absolute atomic E-state index is 13.8. The third-order valence-corrected chi connectivity index (χ3v) is 8.48. The fraction of sp³-hybridized carbons (Fsp3) is 0.407. The number of rotatable bonds is 8. The van der Waals surface area contributed by atoms with E-state index in [0.29, 0.717) is 40.9 Å². The SMILES string of the molecule is COc1ncnc(C2CC2)c1-c1ncc2nc(NCc3ccc(S(C)(=O)=O)cc3)c(=O)n(C3CCCC3)c2n1. The molecule has 0 saturated heterocycles. The van der Waals surface area contributed by atoms with Gasteiger partial charge in [-0.15, -0.1) is 0 Å². The van der Waals surface area contributed by atoms with E-state index in [2.05, 4.69) is 25.3 Å². The fourth-order valence-electron chi connectivity index (χ4n) is 5.19. The lowest BCUT2D eigenvalue weighted by Gasteiger charge is -2.18. The van der Waals surface area contributed by atoms with E-state index in [-0.39, 0.29) is 22.3 Å². The van der Waals surface area contributed by atoms with Gasteiger partial charge in [-0.2, -0.15) is 0 Å². The minimum atomic E-state index is -3.28. The molecule has 4 aromatic rings. The summed E-state index contributed by atoms with van der Waals surface area (Å²) in [6.07, 6.45) is 10.2. The van der Waals surface area contributed by atoms with Crippen molar-refractivity contribution in [2.45, 2.75) is 61.9 Å². The van der Waals surface area contributed by atoms with Gasteiger partial charge in [0.25, 0.3) is 5.56 Å². The van der Waals surface area contributed by atoms with Gasteiger partial charge in [0.1, 0.15) is 17.4 Å². The Morgan fingerprint density at radius 3 is 2.44 bits per heavy atom. The first-order valence-corrected chi connectivity index (χ1v) is 14.9. The van der Waals surface area contributed by atoms with Gasteiger partial charge >= 0.3 is 0 Å². The minimum Gasteiger partial charge on any atom is -0.480 e. The van der Waals surface area contributed by atoms with Crippen molar-refractivity contribution in [3.8, 4) is 17.3 Å². The Morgan fingerprint density at radius 2 is 1.77 bits per heavy atom. The molecule has 2 aliphatic rings. The number of nitrogens with zero attached hydrogens (tertiary/aromatic N) is 6. The molecule has 0 atom stereocenters. The standard InChI is InChI=1S/C27H29N7O4S/c1-38-26-21(22(17-9-10-17)30-15-31-26)23-29-14-20-25(33-23)34(18-5-3-4-6-18)27(35)24(32-20)28-13-16-7-11-19(12-8-16)39(2,36)37/h7-8,11-12,14-15,17-18H,3-6,9-10,13H2,1-2H3,(H,28,32). The van der Waals surface area contributed by atoms with Gasteiger partial charge in [0.2, 0.25) is 5.88 Å². The Hall–Kier alpha value is -3.93. The molecule has 6 rings (SSSR count). The highest BCUT2D eigenvalue weighted by Crippen LogP contribution is 2.45. The van der Waals surface area contributed by atoms with Crippen molar-refractivity contribution in [2.24, 2.45) is 0 Å². The van der Waals surface area contributed by atoms with Gasteiger partial charge < -0.3 is 10.1 Å². The van der Waals surface area contributed by atoms with Crippen molar-refractivity contribution < 1.29 is 13.2 Å². The molecule has 39 heavy (non-hydrogen) atoms. The Balaban J connectivity index is 1.41. The van der Waals surface area contributed by atoms with Crippen LogP contribution in [-0.4, -0.2) is 51.3 Å². The topological polar surface area (TPSA) is 142 Å². The highest BCUT2D eigenvalue weighted by atomic mass is 32.2. The number of hydrogen-bond acceptors (Lipinski definition) is 10. The molecule has 0 spiro atoms. The first-order valence-electron chi connectivity index (χ1n) is 13.0. The summed E-state index contributed by atoms with van der Waals surface area (Å²) in [5.74, 6) is 1.36. The maximum Gasteiger partial charge on any atom is 0.295 e. The normalized spacial score (nSPS) is 16.1. The molecular weight excluding hydrogens is 518 g/mol. The number of methoxy groups -OCH3 is 1. The first-order chi connectivity index (χ1) is 18.8. The van der Waals surface area contributed by atoms with Crippen LogP contribution in [0.3, 0.4) is 0 Å². The van der Waals surface area contributed by atoms with E-state index < -0.39 is 9.84 Å². The summed E-state index contributed by atoms with van der Waals surface area (Å²) in [6.45, 7) is 0.310. The van der Waals surface area contributed by atoms with Gasteiger partial charge in [-0.3, -0.25) is 9.36 Å². The van der Waals surface area contributed by atoms with Crippen molar-refractivity contribution in [1.82, 2.24) is 29.5 Å². The summed E-state index contributed by atoms with van der Waals surface area (Å²) in [5, 5.41) is 3.15. The highest BCUT2D eigenvalue weighted by molar-refractivity contribution is 7.90. The van der Waals surface area contributed by atoms with Gasteiger partial charge in [-0.1, -0.05) is 25.0 Å². The van der Waals surface area contributed by atoms with Gasteiger partial charge in [0.15, 0.2) is 27.1 Å². The van der Waals surface area contributed by atoms with Crippen molar-refractivity contribution in [1.29, 1.82) is 0 Å². The second-order valence-corrected chi connectivity index (χ2v) is 12.2.